The lowest BCUT2D eigenvalue weighted by molar-refractivity contribution is -0.117. The van der Waals surface area contributed by atoms with Crippen LogP contribution < -0.4 is 20.3 Å². The summed E-state index contributed by atoms with van der Waals surface area (Å²) in [6.45, 7) is 3.73. The Morgan fingerprint density at radius 2 is 1.97 bits per heavy atom. The molecule has 2 aromatic carbocycles. The average molecular weight is 532 g/mol. The van der Waals surface area contributed by atoms with Crippen LogP contribution in [0.3, 0.4) is 0 Å². The molecule has 0 saturated carbocycles. The van der Waals surface area contributed by atoms with E-state index in [1.54, 1.807) is 23.1 Å². The van der Waals surface area contributed by atoms with Crippen LogP contribution in [0.1, 0.15) is 48.5 Å². The van der Waals surface area contributed by atoms with Crippen molar-refractivity contribution < 1.29 is 33.0 Å². The van der Waals surface area contributed by atoms with E-state index in [0.717, 1.165) is 18.9 Å². The molecule has 2 saturated heterocycles. The average Bonchev–Trinajstić information content (AvgIpc) is 3.54. The lowest BCUT2D eigenvalue weighted by Gasteiger charge is -2.29. The Morgan fingerprint density at radius 1 is 1.21 bits per heavy atom. The number of anilines is 1. The number of hydrogen-bond donors (Lipinski definition) is 3. The molecular weight excluding hydrogens is 496 g/mol. The third kappa shape index (κ3) is 6.86. The maximum absolute atomic E-state index is 13.9. The third-order valence-corrected chi connectivity index (χ3v) is 6.98. The molecule has 38 heavy (non-hydrogen) atoms. The topological polar surface area (TPSA) is 100 Å². The van der Waals surface area contributed by atoms with Crippen LogP contribution in [0.15, 0.2) is 36.4 Å². The summed E-state index contributed by atoms with van der Waals surface area (Å²) < 4.78 is 39.0. The van der Waals surface area contributed by atoms with Crippen LogP contribution in [-0.4, -0.2) is 68.0 Å². The molecule has 0 radical (unpaired) electrons. The number of hydrogen-bond acceptors (Lipinski definition) is 6. The first-order chi connectivity index (χ1) is 18.3. The fourth-order valence-corrected chi connectivity index (χ4v) is 5.09. The second-order valence-corrected chi connectivity index (χ2v) is 9.86. The van der Waals surface area contributed by atoms with Gasteiger partial charge in [-0.2, -0.15) is 0 Å². The molecule has 2 heterocycles. The lowest BCUT2D eigenvalue weighted by Crippen LogP contribution is -2.52. The molecule has 2 amide bonds. The molecule has 2 aliphatic heterocycles. The van der Waals surface area contributed by atoms with Crippen LogP contribution in [0.5, 0.6) is 5.75 Å². The molecular formula is C28H35F2N3O5. The van der Waals surface area contributed by atoms with Crippen LogP contribution >= 0.6 is 0 Å². The molecule has 0 bridgehead atoms. The monoisotopic (exact) mass is 531 g/mol. The van der Waals surface area contributed by atoms with Crippen LogP contribution in [-0.2, 0) is 16.0 Å². The van der Waals surface area contributed by atoms with Crippen molar-refractivity contribution in [2.24, 2.45) is 0 Å². The Balaban J connectivity index is 1.57. The number of nitrogens with one attached hydrogen (secondary N) is 2. The minimum atomic E-state index is -1.06. The highest BCUT2D eigenvalue weighted by Crippen LogP contribution is 2.28. The summed E-state index contributed by atoms with van der Waals surface area (Å²) in [5.41, 5.74) is 1.09. The maximum Gasteiger partial charge on any atom is 0.251 e. The minimum Gasteiger partial charge on any atom is -0.497 e. The van der Waals surface area contributed by atoms with Gasteiger partial charge in [-0.15, -0.1) is 0 Å². The summed E-state index contributed by atoms with van der Waals surface area (Å²) in [5.74, 6) is -1.60. The molecule has 10 heteroatoms. The van der Waals surface area contributed by atoms with Gasteiger partial charge in [-0.05, 0) is 55.5 Å². The number of rotatable bonds is 11. The first-order valence-electron chi connectivity index (χ1n) is 13.1. The lowest BCUT2D eigenvalue weighted by atomic mass is 9.94. The molecule has 206 valence electrons. The van der Waals surface area contributed by atoms with Gasteiger partial charge in [0.2, 0.25) is 5.91 Å². The predicted molar refractivity (Wildman–Crippen MR) is 138 cm³/mol. The van der Waals surface area contributed by atoms with Gasteiger partial charge in [0.25, 0.3) is 5.91 Å². The van der Waals surface area contributed by atoms with E-state index in [2.05, 4.69) is 10.6 Å². The van der Waals surface area contributed by atoms with E-state index in [9.17, 15) is 23.5 Å². The van der Waals surface area contributed by atoms with Gasteiger partial charge in [0.05, 0.1) is 25.4 Å². The first kappa shape index (κ1) is 27.9. The van der Waals surface area contributed by atoms with Crippen LogP contribution in [0.4, 0.5) is 14.5 Å². The Bertz CT molecular complexity index is 1130. The molecule has 0 aromatic heterocycles. The Labute approximate surface area is 221 Å². The van der Waals surface area contributed by atoms with E-state index in [1.807, 2.05) is 6.92 Å². The van der Waals surface area contributed by atoms with Crippen molar-refractivity contribution >= 4 is 17.5 Å². The zero-order valence-corrected chi connectivity index (χ0v) is 21.7. The Kier molecular flexibility index (Phi) is 9.30. The van der Waals surface area contributed by atoms with Crippen LogP contribution in [0.25, 0.3) is 0 Å². The molecule has 2 fully saturated rings. The molecule has 0 unspecified atom stereocenters. The molecule has 0 aliphatic carbocycles. The van der Waals surface area contributed by atoms with Crippen LogP contribution in [0, 0.1) is 11.6 Å². The number of carbonyl (C=O) groups is 2. The molecule has 3 N–H and O–H groups in total. The Hall–Kier alpha value is -3.08. The molecule has 0 spiro atoms. The van der Waals surface area contributed by atoms with E-state index in [-0.39, 0.29) is 30.0 Å². The van der Waals surface area contributed by atoms with Crippen molar-refractivity contribution in [3.63, 3.8) is 0 Å². The quantitative estimate of drug-likeness (QED) is 0.412. The normalized spacial score (nSPS) is 21.0. The number of carbonyl (C=O) groups excluding carboxylic acids is 2. The predicted octanol–water partition coefficient (Wildman–Crippen LogP) is 2.96. The number of aliphatic hydroxyl groups is 1. The highest BCUT2D eigenvalue weighted by Gasteiger charge is 2.35. The second-order valence-electron chi connectivity index (χ2n) is 9.86. The van der Waals surface area contributed by atoms with Crippen molar-refractivity contribution in [2.45, 2.75) is 63.3 Å². The zero-order chi connectivity index (χ0) is 27.2. The van der Waals surface area contributed by atoms with Crippen molar-refractivity contribution in [3.05, 3.63) is 59.2 Å². The van der Waals surface area contributed by atoms with Crippen molar-refractivity contribution in [1.82, 2.24) is 10.6 Å². The summed E-state index contributed by atoms with van der Waals surface area (Å²) in [6, 6.07) is 6.75. The van der Waals surface area contributed by atoms with E-state index >= 15 is 0 Å². The van der Waals surface area contributed by atoms with E-state index in [4.69, 9.17) is 9.47 Å². The fraction of sp³-hybridized carbons (Fsp3) is 0.500. The number of halogens is 2. The van der Waals surface area contributed by atoms with Gasteiger partial charge in [-0.25, -0.2) is 8.78 Å². The number of benzene rings is 2. The number of methoxy groups -OCH3 is 1. The number of aliphatic hydroxyl groups excluding tert-OH is 1. The number of nitrogens with zero attached hydrogens (tertiary/aromatic N) is 1. The van der Waals surface area contributed by atoms with Gasteiger partial charge in [-0.1, -0.05) is 6.92 Å². The molecule has 4 rings (SSSR count). The van der Waals surface area contributed by atoms with Crippen molar-refractivity contribution in [1.29, 1.82) is 0 Å². The maximum atomic E-state index is 13.9. The van der Waals surface area contributed by atoms with E-state index < -0.39 is 29.7 Å². The SMILES string of the molecule is CCCO[C@H]1CN[C@@H]([C@H](O)[C@H](Cc2cc(F)cc(F)c2)NC(=O)c2cc(OC)cc(N3CCCC3=O)c2)C1. The summed E-state index contributed by atoms with van der Waals surface area (Å²) in [6.07, 6.45) is 1.44. The largest absolute Gasteiger partial charge is 0.497 e. The molecule has 2 aliphatic rings. The summed E-state index contributed by atoms with van der Waals surface area (Å²) in [4.78, 5) is 27.4. The summed E-state index contributed by atoms with van der Waals surface area (Å²) >= 11 is 0. The Morgan fingerprint density at radius 3 is 2.63 bits per heavy atom. The molecule has 8 nitrogen and oxygen atoms in total. The molecule has 2 aromatic rings. The molecule has 4 atom stereocenters. The van der Waals surface area contributed by atoms with Crippen LogP contribution in [0.2, 0.25) is 0 Å². The minimum absolute atomic E-state index is 0.00167. The van der Waals surface area contributed by atoms with Gasteiger partial charge < -0.3 is 30.1 Å². The fourth-order valence-electron chi connectivity index (χ4n) is 5.09. The van der Waals surface area contributed by atoms with Gasteiger partial charge in [0, 0.05) is 55.5 Å². The first-order valence-corrected chi connectivity index (χ1v) is 13.1. The highest BCUT2D eigenvalue weighted by molar-refractivity contribution is 5.99. The highest BCUT2D eigenvalue weighted by atomic mass is 19.1. The summed E-state index contributed by atoms with van der Waals surface area (Å²) in [7, 11) is 1.47. The van der Waals surface area contributed by atoms with E-state index in [1.165, 1.54) is 19.2 Å². The van der Waals surface area contributed by atoms with Crippen molar-refractivity contribution in [2.75, 3.05) is 31.7 Å². The number of ether oxygens (including phenoxy) is 2. The third-order valence-electron chi connectivity index (χ3n) is 6.98. The van der Waals surface area contributed by atoms with Gasteiger partial charge >= 0.3 is 0 Å². The van der Waals surface area contributed by atoms with Gasteiger partial charge in [-0.3, -0.25) is 9.59 Å². The van der Waals surface area contributed by atoms with Gasteiger partial charge in [0.1, 0.15) is 17.4 Å². The van der Waals surface area contributed by atoms with Crippen molar-refractivity contribution in [3.8, 4) is 5.75 Å². The van der Waals surface area contributed by atoms with E-state index in [0.29, 0.717) is 49.5 Å². The zero-order valence-electron chi connectivity index (χ0n) is 21.7. The van der Waals surface area contributed by atoms with Gasteiger partial charge in [0.15, 0.2) is 0 Å². The standard InChI is InChI=1S/C28H35F2N3O5/c1-3-7-38-23-15-24(31-16-23)27(35)25(10-17-8-19(29)13-20(30)9-17)32-28(36)18-11-21(14-22(12-18)37-2)33-6-4-5-26(33)34/h8-9,11-14,23-25,27,31,35H,3-7,10,15-16H2,1-2H3,(H,32,36)/t23-,24-,25+,27+/m1/s1. The second kappa shape index (κ2) is 12.6. The summed E-state index contributed by atoms with van der Waals surface area (Å²) in [5, 5.41) is 17.4. The smallest absolute Gasteiger partial charge is 0.251 e. The number of amides is 2.